The molecule has 1 heterocycles. The highest BCUT2D eigenvalue weighted by atomic mass is 15.3. The van der Waals surface area contributed by atoms with Crippen LogP contribution >= 0.6 is 0 Å². The topological polar surface area (TPSA) is 29.9 Å². The van der Waals surface area contributed by atoms with E-state index >= 15 is 0 Å². The molecule has 0 atom stereocenters. The summed E-state index contributed by atoms with van der Waals surface area (Å²) in [5.41, 5.74) is 1.25. The van der Waals surface area contributed by atoms with Gasteiger partial charge in [0.15, 0.2) is 0 Å². The van der Waals surface area contributed by atoms with Crippen LogP contribution in [0.4, 0.5) is 5.82 Å². The van der Waals surface area contributed by atoms with Crippen LogP contribution in [0.25, 0.3) is 0 Å². The Morgan fingerprint density at radius 3 is 2.72 bits per heavy atom. The molecule has 1 aliphatic rings. The second kappa shape index (κ2) is 6.26. The molecule has 1 N–H and O–H groups in total. The molecule has 18 heavy (non-hydrogen) atoms. The molecule has 3 heteroatoms. The minimum atomic E-state index is 0.630. The van der Waals surface area contributed by atoms with Crippen LogP contribution in [0.2, 0.25) is 0 Å². The normalized spacial score (nSPS) is 16.7. The van der Waals surface area contributed by atoms with Crippen LogP contribution in [0.15, 0.2) is 6.07 Å². The summed E-state index contributed by atoms with van der Waals surface area (Å²) in [6.45, 7) is 7.76. The second-order valence-electron chi connectivity index (χ2n) is 5.93. The summed E-state index contributed by atoms with van der Waals surface area (Å²) < 4.78 is 2.26. The lowest BCUT2D eigenvalue weighted by Crippen LogP contribution is -2.12. The maximum Gasteiger partial charge on any atom is 0.124 e. The zero-order valence-corrected chi connectivity index (χ0v) is 12.1. The van der Waals surface area contributed by atoms with E-state index in [1.54, 1.807) is 0 Å². The third-order valence-electron chi connectivity index (χ3n) is 3.63. The fourth-order valence-corrected chi connectivity index (χ4v) is 2.78. The van der Waals surface area contributed by atoms with E-state index in [1.807, 2.05) is 0 Å². The molecular formula is C15H27N3. The highest BCUT2D eigenvalue weighted by molar-refractivity contribution is 5.38. The minimum absolute atomic E-state index is 0.630. The molecule has 0 aromatic carbocycles. The van der Waals surface area contributed by atoms with Crippen LogP contribution in [-0.2, 0) is 6.42 Å². The first-order valence-electron chi connectivity index (χ1n) is 7.53. The van der Waals surface area contributed by atoms with Gasteiger partial charge in [0.2, 0.25) is 0 Å². The lowest BCUT2D eigenvalue weighted by molar-refractivity contribution is 0.464. The van der Waals surface area contributed by atoms with Gasteiger partial charge in [-0.3, -0.25) is 0 Å². The summed E-state index contributed by atoms with van der Waals surface area (Å²) in [7, 11) is 0. The molecule has 0 aliphatic heterocycles. The molecule has 102 valence electrons. The van der Waals surface area contributed by atoms with Gasteiger partial charge in [-0.05, 0) is 31.6 Å². The number of nitrogens with one attached hydrogen (secondary N) is 1. The Balaban J connectivity index is 2.14. The van der Waals surface area contributed by atoms with E-state index < -0.39 is 0 Å². The van der Waals surface area contributed by atoms with Crippen LogP contribution < -0.4 is 5.32 Å². The molecule has 0 spiro atoms. The average molecular weight is 249 g/mol. The average Bonchev–Trinajstić information content (AvgIpc) is 2.93. The van der Waals surface area contributed by atoms with E-state index in [-0.39, 0.29) is 0 Å². The predicted molar refractivity (Wildman–Crippen MR) is 77.1 cm³/mol. The van der Waals surface area contributed by atoms with Crippen molar-refractivity contribution in [2.45, 2.75) is 65.3 Å². The number of rotatable bonds is 6. The second-order valence-corrected chi connectivity index (χ2v) is 5.93. The van der Waals surface area contributed by atoms with Gasteiger partial charge >= 0.3 is 0 Å². The van der Waals surface area contributed by atoms with Gasteiger partial charge in [-0.1, -0.05) is 33.6 Å². The Hall–Kier alpha value is -0.990. The summed E-state index contributed by atoms with van der Waals surface area (Å²) in [5.74, 6) is 1.91. The van der Waals surface area contributed by atoms with E-state index in [2.05, 4.69) is 36.8 Å². The predicted octanol–water partition coefficient (Wildman–Crippen LogP) is 4.02. The van der Waals surface area contributed by atoms with E-state index in [1.165, 1.54) is 37.2 Å². The number of anilines is 1. The van der Waals surface area contributed by atoms with Crippen molar-refractivity contribution in [1.29, 1.82) is 0 Å². The molecule has 1 saturated carbocycles. The lowest BCUT2D eigenvalue weighted by Gasteiger charge is -2.14. The monoisotopic (exact) mass is 249 g/mol. The highest BCUT2D eigenvalue weighted by Crippen LogP contribution is 2.32. The molecule has 1 fully saturated rings. The van der Waals surface area contributed by atoms with Gasteiger partial charge in [-0.25, -0.2) is 4.68 Å². The fraction of sp³-hybridized carbons (Fsp3) is 0.800. The third-order valence-corrected chi connectivity index (χ3v) is 3.63. The fourth-order valence-electron chi connectivity index (χ4n) is 2.78. The smallest absolute Gasteiger partial charge is 0.124 e. The Morgan fingerprint density at radius 2 is 2.11 bits per heavy atom. The summed E-state index contributed by atoms with van der Waals surface area (Å²) in [6.07, 6.45) is 7.55. The van der Waals surface area contributed by atoms with Gasteiger partial charge in [-0.2, -0.15) is 5.10 Å². The Morgan fingerprint density at radius 1 is 1.39 bits per heavy atom. The first-order chi connectivity index (χ1) is 8.70. The van der Waals surface area contributed by atoms with Gasteiger partial charge in [0, 0.05) is 12.6 Å². The van der Waals surface area contributed by atoms with Gasteiger partial charge in [0.05, 0.1) is 11.7 Å². The molecule has 0 amide bonds. The first-order valence-corrected chi connectivity index (χ1v) is 7.53. The summed E-state index contributed by atoms with van der Waals surface area (Å²) >= 11 is 0. The molecule has 1 aromatic heterocycles. The maximum absolute atomic E-state index is 4.84. The number of aromatic nitrogens is 2. The molecule has 0 radical (unpaired) electrons. The highest BCUT2D eigenvalue weighted by Gasteiger charge is 2.21. The molecule has 2 rings (SSSR count). The first kappa shape index (κ1) is 13.4. The van der Waals surface area contributed by atoms with Crippen LogP contribution in [0.5, 0.6) is 0 Å². The molecule has 3 nitrogen and oxygen atoms in total. The molecule has 1 aliphatic carbocycles. The van der Waals surface area contributed by atoms with E-state index in [0.717, 1.165) is 19.4 Å². The molecule has 0 bridgehead atoms. The minimum Gasteiger partial charge on any atom is -0.370 e. The Kier molecular flexibility index (Phi) is 4.67. The quantitative estimate of drug-likeness (QED) is 0.825. The number of hydrogen-bond acceptors (Lipinski definition) is 2. The van der Waals surface area contributed by atoms with E-state index in [4.69, 9.17) is 5.10 Å². The van der Waals surface area contributed by atoms with Gasteiger partial charge < -0.3 is 5.32 Å². The van der Waals surface area contributed by atoms with Crippen molar-refractivity contribution in [2.75, 3.05) is 11.9 Å². The molecular weight excluding hydrogens is 222 g/mol. The Labute approximate surface area is 111 Å². The molecule has 1 aromatic rings. The SMILES string of the molecule is CCCNc1cc(CC(C)C)nn1C1CCCC1. The zero-order valence-electron chi connectivity index (χ0n) is 12.1. The van der Waals surface area contributed by atoms with Gasteiger partial charge in [0.1, 0.15) is 5.82 Å². The van der Waals surface area contributed by atoms with Crippen molar-refractivity contribution in [3.05, 3.63) is 11.8 Å². The van der Waals surface area contributed by atoms with Crippen LogP contribution in [0.3, 0.4) is 0 Å². The molecule has 0 unspecified atom stereocenters. The van der Waals surface area contributed by atoms with Crippen molar-refractivity contribution in [3.8, 4) is 0 Å². The number of nitrogens with zero attached hydrogens (tertiary/aromatic N) is 2. The van der Waals surface area contributed by atoms with Crippen molar-refractivity contribution in [3.63, 3.8) is 0 Å². The van der Waals surface area contributed by atoms with Crippen LogP contribution in [-0.4, -0.2) is 16.3 Å². The van der Waals surface area contributed by atoms with Crippen molar-refractivity contribution in [2.24, 2.45) is 5.92 Å². The van der Waals surface area contributed by atoms with Crippen molar-refractivity contribution < 1.29 is 0 Å². The summed E-state index contributed by atoms with van der Waals surface area (Å²) in [4.78, 5) is 0. The summed E-state index contributed by atoms with van der Waals surface area (Å²) in [5, 5.41) is 8.37. The molecule has 0 saturated heterocycles. The Bertz CT molecular complexity index is 362. The third kappa shape index (κ3) is 3.27. The largest absolute Gasteiger partial charge is 0.370 e. The lowest BCUT2D eigenvalue weighted by atomic mass is 10.1. The number of hydrogen-bond donors (Lipinski definition) is 1. The zero-order chi connectivity index (χ0) is 13.0. The van der Waals surface area contributed by atoms with Gasteiger partial charge in [-0.15, -0.1) is 0 Å². The van der Waals surface area contributed by atoms with E-state index in [9.17, 15) is 0 Å². The standard InChI is InChI=1S/C15H27N3/c1-4-9-16-15-11-13(10-12(2)3)17-18(15)14-7-5-6-8-14/h11-12,14,16H,4-10H2,1-3H3. The van der Waals surface area contributed by atoms with Crippen LogP contribution in [0, 0.1) is 5.92 Å². The maximum atomic E-state index is 4.84. The van der Waals surface area contributed by atoms with Gasteiger partial charge in [0.25, 0.3) is 0 Å². The summed E-state index contributed by atoms with van der Waals surface area (Å²) in [6, 6.07) is 2.89. The van der Waals surface area contributed by atoms with Crippen molar-refractivity contribution in [1.82, 2.24) is 9.78 Å². The van der Waals surface area contributed by atoms with Crippen molar-refractivity contribution >= 4 is 5.82 Å². The van der Waals surface area contributed by atoms with Crippen LogP contribution in [0.1, 0.15) is 64.6 Å². The van der Waals surface area contributed by atoms with E-state index in [0.29, 0.717) is 12.0 Å².